The van der Waals surface area contributed by atoms with Crippen LogP contribution in [0.3, 0.4) is 0 Å². The molecule has 1 unspecified atom stereocenters. The molecule has 4 rings (SSSR count). The third-order valence-corrected chi connectivity index (χ3v) is 6.39. The van der Waals surface area contributed by atoms with E-state index in [0.29, 0.717) is 36.8 Å². The number of nitrogens with zero attached hydrogens (tertiary/aromatic N) is 2. The standard InChI is InChI=1S/C19H22ClF2N3O2/c1-10(26)25-8-11-3-2-4-12(9-25)16(11)19(21,22)18(27)15-6-14(20)5-13-7-23-24-17(13)15/h5-7,11-12,16,18,27H,2-4,8-9H2,1H3,(H,23,24)/t11-,12+,16-,18?. The van der Waals surface area contributed by atoms with Crippen LogP contribution in [0.1, 0.15) is 37.9 Å². The molecule has 2 bridgehead atoms. The Balaban J connectivity index is 1.70. The third-order valence-electron chi connectivity index (χ3n) is 6.17. The summed E-state index contributed by atoms with van der Waals surface area (Å²) in [6.45, 7) is 2.13. The van der Waals surface area contributed by atoms with Gasteiger partial charge in [-0.3, -0.25) is 9.89 Å². The maximum atomic E-state index is 15.6. The van der Waals surface area contributed by atoms with Gasteiger partial charge in [0, 0.05) is 41.9 Å². The molecule has 1 aromatic heterocycles. The SMILES string of the molecule is CC(=O)N1C[C@H]2CCC[C@@H](C1)[C@@H]2C(F)(F)C(O)c1cc(Cl)cc2cn[nH]c12. The second-order valence-corrected chi connectivity index (χ2v) is 8.24. The second-order valence-electron chi connectivity index (χ2n) is 7.81. The van der Waals surface area contributed by atoms with Gasteiger partial charge in [0.2, 0.25) is 5.91 Å². The summed E-state index contributed by atoms with van der Waals surface area (Å²) in [5.41, 5.74) is 0.435. The maximum absolute atomic E-state index is 15.6. The van der Waals surface area contributed by atoms with Crippen molar-refractivity contribution in [2.45, 2.75) is 38.2 Å². The number of hydrogen-bond donors (Lipinski definition) is 2. The Morgan fingerprint density at radius 1 is 1.37 bits per heavy atom. The predicted octanol–water partition coefficient (Wildman–Crippen LogP) is 3.78. The van der Waals surface area contributed by atoms with E-state index in [0.717, 1.165) is 6.42 Å². The van der Waals surface area contributed by atoms with Crippen molar-refractivity contribution in [1.29, 1.82) is 0 Å². The van der Waals surface area contributed by atoms with Gasteiger partial charge in [-0.2, -0.15) is 5.10 Å². The molecule has 5 nitrogen and oxygen atoms in total. The van der Waals surface area contributed by atoms with Crippen LogP contribution in [-0.2, 0) is 4.79 Å². The number of aromatic nitrogens is 2. The van der Waals surface area contributed by atoms with Gasteiger partial charge in [0.15, 0.2) is 0 Å². The number of H-pyrrole nitrogens is 1. The fourth-order valence-corrected chi connectivity index (χ4v) is 5.21. The highest BCUT2D eigenvalue weighted by atomic mass is 35.5. The average Bonchev–Trinajstić information content (AvgIpc) is 3.07. The molecule has 0 spiro atoms. The van der Waals surface area contributed by atoms with Crippen molar-refractivity contribution in [2.75, 3.05) is 13.1 Å². The van der Waals surface area contributed by atoms with Crippen LogP contribution in [0.2, 0.25) is 5.02 Å². The number of alkyl halides is 2. The van der Waals surface area contributed by atoms with Crippen LogP contribution in [-0.4, -0.2) is 45.1 Å². The van der Waals surface area contributed by atoms with Crippen LogP contribution in [0.15, 0.2) is 18.3 Å². The lowest BCUT2D eigenvalue weighted by Gasteiger charge is -2.50. The Morgan fingerprint density at radius 3 is 2.67 bits per heavy atom. The van der Waals surface area contributed by atoms with Gasteiger partial charge < -0.3 is 10.0 Å². The molecule has 1 saturated carbocycles. The van der Waals surface area contributed by atoms with Crippen molar-refractivity contribution in [2.24, 2.45) is 17.8 Å². The van der Waals surface area contributed by atoms with Crippen LogP contribution < -0.4 is 0 Å². The topological polar surface area (TPSA) is 69.2 Å². The number of benzene rings is 1. The van der Waals surface area contributed by atoms with Gasteiger partial charge in [0.05, 0.1) is 11.7 Å². The normalized spacial score (nSPS) is 27.0. The number of nitrogens with one attached hydrogen (secondary N) is 1. The summed E-state index contributed by atoms with van der Waals surface area (Å²) < 4.78 is 31.1. The van der Waals surface area contributed by atoms with Gasteiger partial charge >= 0.3 is 0 Å². The minimum atomic E-state index is -3.33. The summed E-state index contributed by atoms with van der Waals surface area (Å²) >= 11 is 6.07. The highest BCUT2D eigenvalue weighted by Crippen LogP contribution is 2.52. The van der Waals surface area contributed by atoms with E-state index >= 15 is 8.78 Å². The molecule has 1 aliphatic heterocycles. The van der Waals surface area contributed by atoms with Gasteiger partial charge in [0.1, 0.15) is 6.10 Å². The molecule has 0 radical (unpaired) electrons. The Labute approximate surface area is 160 Å². The predicted molar refractivity (Wildman–Crippen MR) is 97.6 cm³/mol. The van der Waals surface area contributed by atoms with E-state index in [1.165, 1.54) is 19.2 Å². The molecule has 146 valence electrons. The molecule has 8 heteroatoms. The minimum Gasteiger partial charge on any atom is -0.382 e. The Kier molecular flexibility index (Phi) is 4.63. The highest BCUT2D eigenvalue weighted by molar-refractivity contribution is 6.31. The zero-order valence-electron chi connectivity index (χ0n) is 15.0. The molecule has 2 fully saturated rings. The molecule has 2 aromatic rings. The number of fused-ring (bicyclic) bond motifs is 3. The van der Waals surface area contributed by atoms with Crippen LogP contribution >= 0.6 is 11.6 Å². The van der Waals surface area contributed by atoms with Crippen molar-refractivity contribution in [3.05, 3.63) is 28.9 Å². The number of aromatic amines is 1. The van der Waals surface area contributed by atoms with E-state index in [9.17, 15) is 9.90 Å². The average molecular weight is 398 g/mol. The van der Waals surface area contributed by atoms with Gasteiger partial charge in [-0.1, -0.05) is 18.0 Å². The molecule has 27 heavy (non-hydrogen) atoms. The number of hydrogen-bond acceptors (Lipinski definition) is 3. The number of rotatable bonds is 3. The molecule has 1 aromatic carbocycles. The largest absolute Gasteiger partial charge is 0.382 e. The summed E-state index contributed by atoms with van der Waals surface area (Å²) in [5, 5.41) is 18.2. The van der Waals surface area contributed by atoms with E-state index < -0.39 is 17.9 Å². The molecule has 2 aliphatic rings. The maximum Gasteiger partial charge on any atom is 0.281 e. The molecule has 2 N–H and O–H groups in total. The fourth-order valence-electron chi connectivity index (χ4n) is 4.97. The molecule has 4 atom stereocenters. The van der Waals surface area contributed by atoms with E-state index in [-0.39, 0.29) is 28.3 Å². The van der Waals surface area contributed by atoms with E-state index in [4.69, 9.17) is 11.6 Å². The van der Waals surface area contributed by atoms with Crippen LogP contribution in [0, 0.1) is 17.8 Å². The monoisotopic (exact) mass is 397 g/mol. The van der Waals surface area contributed by atoms with Crippen molar-refractivity contribution >= 4 is 28.4 Å². The van der Waals surface area contributed by atoms with Gasteiger partial charge in [-0.25, -0.2) is 8.78 Å². The van der Waals surface area contributed by atoms with Crippen molar-refractivity contribution in [3.63, 3.8) is 0 Å². The number of carbonyl (C=O) groups excluding carboxylic acids is 1. The first kappa shape index (κ1) is 18.6. The highest BCUT2D eigenvalue weighted by Gasteiger charge is 2.57. The summed E-state index contributed by atoms with van der Waals surface area (Å²) in [4.78, 5) is 13.4. The quantitative estimate of drug-likeness (QED) is 0.828. The lowest BCUT2D eigenvalue weighted by molar-refractivity contribution is -0.201. The van der Waals surface area contributed by atoms with E-state index in [1.807, 2.05) is 0 Å². The molecule has 1 saturated heterocycles. The van der Waals surface area contributed by atoms with Crippen LogP contribution in [0.4, 0.5) is 8.78 Å². The summed E-state index contributed by atoms with van der Waals surface area (Å²) in [6.07, 6.45) is 1.67. The van der Waals surface area contributed by atoms with Gasteiger partial charge in [-0.05, 0) is 36.8 Å². The Morgan fingerprint density at radius 2 is 2.04 bits per heavy atom. The van der Waals surface area contributed by atoms with E-state index in [2.05, 4.69) is 10.2 Å². The number of piperidine rings is 1. The smallest absolute Gasteiger partial charge is 0.281 e. The molecule has 1 amide bonds. The molecular weight excluding hydrogens is 376 g/mol. The minimum absolute atomic E-state index is 0.0621. The van der Waals surface area contributed by atoms with Crippen LogP contribution in [0.5, 0.6) is 0 Å². The number of amides is 1. The second kappa shape index (κ2) is 6.71. The number of likely N-dealkylation sites (tertiary alicyclic amines) is 1. The van der Waals surface area contributed by atoms with Crippen molar-refractivity contribution < 1.29 is 18.7 Å². The molecule has 2 heterocycles. The van der Waals surface area contributed by atoms with Gasteiger partial charge in [-0.15, -0.1) is 0 Å². The van der Waals surface area contributed by atoms with Crippen LogP contribution in [0.25, 0.3) is 10.9 Å². The zero-order chi connectivity index (χ0) is 19.3. The fraction of sp³-hybridized carbons (Fsp3) is 0.579. The summed E-state index contributed by atoms with van der Waals surface area (Å²) in [7, 11) is 0. The third kappa shape index (κ3) is 3.10. The molecule has 1 aliphatic carbocycles. The number of carbonyl (C=O) groups is 1. The Bertz CT molecular complexity index is 858. The zero-order valence-corrected chi connectivity index (χ0v) is 15.7. The van der Waals surface area contributed by atoms with Crippen molar-refractivity contribution in [3.8, 4) is 0 Å². The lowest BCUT2D eigenvalue weighted by Crippen LogP contribution is -2.56. The first-order chi connectivity index (χ1) is 12.8. The first-order valence-electron chi connectivity index (χ1n) is 9.23. The number of halogens is 3. The number of aliphatic hydroxyl groups excluding tert-OH is 1. The summed E-state index contributed by atoms with van der Waals surface area (Å²) in [6, 6.07) is 3.00. The van der Waals surface area contributed by atoms with Crippen molar-refractivity contribution in [1.82, 2.24) is 15.1 Å². The van der Waals surface area contributed by atoms with E-state index in [1.54, 1.807) is 11.0 Å². The number of aliphatic hydroxyl groups is 1. The Hall–Kier alpha value is -1.73. The van der Waals surface area contributed by atoms with Gasteiger partial charge in [0.25, 0.3) is 5.92 Å². The molecular formula is C19H22ClF2N3O2. The summed E-state index contributed by atoms with van der Waals surface area (Å²) in [5.74, 6) is -5.01. The first-order valence-corrected chi connectivity index (χ1v) is 9.60. The lowest BCUT2D eigenvalue weighted by atomic mass is 9.65.